The Bertz CT molecular complexity index is 2260. The van der Waals surface area contributed by atoms with Gasteiger partial charge in [0.15, 0.2) is 0 Å². The van der Waals surface area contributed by atoms with E-state index in [1.54, 1.807) is 0 Å². The Morgan fingerprint density at radius 1 is 0.370 bits per heavy atom. The molecule has 8 rings (SSSR count). The van der Waals surface area contributed by atoms with E-state index in [2.05, 4.69) is 166 Å². The number of hydrogen-bond donors (Lipinski definition) is 0. The van der Waals surface area contributed by atoms with Crippen LogP contribution in [0.25, 0.3) is 54.9 Å². The first kappa shape index (κ1) is 29.3. The van der Waals surface area contributed by atoms with Crippen molar-refractivity contribution in [3.05, 3.63) is 130 Å². The predicted molar refractivity (Wildman–Crippen MR) is 199 cm³/mol. The van der Waals surface area contributed by atoms with Gasteiger partial charge in [-0.05, 0) is 123 Å². The molecular weight excluding hydrogens is 553 g/mol. The van der Waals surface area contributed by atoms with E-state index in [0.717, 1.165) is 0 Å². The Kier molecular flexibility index (Phi) is 5.87. The third-order valence-corrected chi connectivity index (χ3v) is 11.4. The Labute approximate surface area is 275 Å². The smallest absolute Gasteiger partial charge is 0.0159 e. The van der Waals surface area contributed by atoms with Crippen LogP contribution in [-0.2, 0) is 21.7 Å². The molecule has 0 saturated carbocycles. The molecule has 2 aliphatic carbocycles. The molecule has 0 aliphatic heterocycles. The van der Waals surface area contributed by atoms with Crippen molar-refractivity contribution in [1.29, 1.82) is 0 Å². The molecule has 230 valence electrons. The van der Waals surface area contributed by atoms with Gasteiger partial charge in [0.05, 0.1) is 0 Å². The zero-order valence-electron chi connectivity index (χ0n) is 29.2. The fourth-order valence-electron chi connectivity index (χ4n) is 8.31. The summed E-state index contributed by atoms with van der Waals surface area (Å²) < 4.78 is 0. The van der Waals surface area contributed by atoms with E-state index in [1.807, 2.05) is 0 Å². The molecule has 0 fully saturated rings. The minimum absolute atomic E-state index is 0.0422. The zero-order valence-corrected chi connectivity index (χ0v) is 29.2. The molecule has 0 heterocycles. The van der Waals surface area contributed by atoms with Crippen molar-refractivity contribution < 1.29 is 0 Å². The van der Waals surface area contributed by atoms with Gasteiger partial charge in [-0.1, -0.05) is 142 Å². The van der Waals surface area contributed by atoms with Gasteiger partial charge < -0.3 is 0 Å². The highest BCUT2D eigenvalue weighted by Crippen LogP contribution is 2.53. The molecule has 0 saturated heterocycles. The van der Waals surface area contributed by atoms with Crippen LogP contribution >= 0.6 is 0 Å². The van der Waals surface area contributed by atoms with Crippen molar-refractivity contribution in [1.82, 2.24) is 0 Å². The van der Waals surface area contributed by atoms with Crippen molar-refractivity contribution >= 4 is 21.5 Å². The predicted octanol–water partition coefficient (Wildman–Crippen LogP) is 12.9. The highest BCUT2D eigenvalue weighted by atomic mass is 14.4. The minimum Gasteiger partial charge on any atom is -0.0579 e. The summed E-state index contributed by atoms with van der Waals surface area (Å²) in [5, 5.41) is 5.28. The van der Waals surface area contributed by atoms with Crippen LogP contribution in [-0.4, -0.2) is 0 Å². The maximum absolute atomic E-state index is 2.50. The van der Waals surface area contributed by atoms with Crippen LogP contribution in [0.15, 0.2) is 97.1 Å². The van der Waals surface area contributed by atoms with Gasteiger partial charge >= 0.3 is 0 Å². The van der Waals surface area contributed by atoms with Gasteiger partial charge in [-0.2, -0.15) is 0 Å². The molecule has 0 nitrogen and oxygen atoms in total. The lowest BCUT2D eigenvalue weighted by molar-refractivity contribution is 0.584. The second kappa shape index (κ2) is 9.22. The first-order valence-corrected chi connectivity index (χ1v) is 17.0. The molecule has 0 spiro atoms. The highest BCUT2D eigenvalue weighted by Gasteiger charge is 2.38. The Morgan fingerprint density at radius 3 is 1.37 bits per heavy atom. The first-order valence-electron chi connectivity index (χ1n) is 17.0. The molecule has 0 atom stereocenters. The fourth-order valence-corrected chi connectivity index (χ4v) is 8.31. The average Bonchev–Trinajstić information content (AvgIpc) is 3.37. The summed E-state index contributed by atoms with van der Waals surface area (Å²) in [5.41, 5.74) is 16.8. The second-order valence-corrected chi connectivity index (χ2v) is 17.2. The molecule has 2 aliphatic rings. The third-order valence-electron chi connectivity index (χ3n) is 11.4. The molecule has 46 heavy (non-hydrogen) atoms. The zero-order chi connectivity index (χ0) is 32.6. The number of fused-ring (bicyclic) bond motifs is 9. The maximum Gasteiger partial charge on any atom is 0.0159 e. The van der Waals surface area contributed by atoms with Gasteiger partial charge in [0, 0.05) is 10.8 Å². The fraction of sp³-hybridized carbons (Fsp3) is 0.304. The van der Waals surface area contributed by atoms with Gasteiger partial charge in [0.1, 0.15) is 0 Å². The Balaban J connectivity index is 1.25. The van der Waals surface area contributed by atoms with Crippen LogP contribution in [0.2, 0.25) is 0 Å². The maximum atomic E-state index is 2.50. The van der Waals surface area contributed by atoms with Crippen LogP contribution in [0, 0.1) is 0 Å². The quantitative estimate of drug-likeness (QED) is 0.165. The molecule has 6 aromatic carbocycles. The monoisotopic (exact) mass is 598 g/mol. The van der Waals surface area contributed by atoms with Crippen LogP contribution < -0.4 is 0 Å². The highest BCUT2D eigenvalue weighted by molar-refractivity contribution is 6.11. The van der Waals surface area contributed by atoms with Crippen molar-refractivity contribution in [2.24, 2.45) is 0 Å². The molecule has 0 heteroatoms. The largest absolute Gasteiger partial charge is 0.0579 e. The molecule has 0 amide bonds. The number of benzene rings is 6. The molecule has 6 aromatic rings. The summed E-state index contributed by atoms with van der Waals surface area (Å²) in [4.78, 5) is 0. The van der Waals surface area contributed by atoms with Gasteiger partial charge in [-0.3, -0.25) is 0 Å². The first-order chi connectivity index (χ1) is 21.5. The molecule has 0 radical (unpaired) electrons. The van der Waals surface area contributed by atoms with E-state index in [-0.39, 0.29) is 21.7 Å². The van der Waals surface area contributed by atoms with Crippen LogP contribution in [0.3, 0.4) is 0 Å². The summed E-state index contributed by atoms with van der Waals surface area (Å²) in [7, 11) is 0. The average molecular weight is 599 g/mol. The van der Waals surface area contributed by atoms with Gasteiger partial charge in [-0.25, -0.2) is 0 Å². The minimum atomic E-state index is -0.0483. The van der Waals surface area contributed by atoms with Crippen molar-refractivity contribution in [3.8, 4) is 33.4 Å². The molecule has 0 aromatic heterocycles. The van der Waals surface area contributed by atoms with E-state index >= 15 is 0 Å². The van der Waals surface area contributed by atoms with E-state index in [9.17, 15) is 0 Å². The Hall–Kier alpha value is -4.16. The lowest BCUT2D eigenvalue weighted by Gasteiger charge is -2.25. The molecule has 0 N–H and O–H groups in total. The van der Waals surface area contributed by atoms with Crippen molar-refractivity contribution in [2.75, 3.05) is 0 Å². The lowest BCUT2D eigenvalue weighted by atomic mass is 9.78. The topological polar surface area (TPSA) is 0 Å². The second-order valence-electron chi connectivity index (χ2n) is 17.2. The number of rotatable bonds is 1. The standard InChI is InChI=1S/C46H46/c1-43(2,3)31-16-19-34-33-18-15-29(23-39(33)45(7,8)40(34)24-31)28-13-11-27-12-14-30-22-38-35-20-17-32(44(4,5)6)25-41(35)46(9,10)42(38)26-37(30)36(27)21-28/h11-26H,1-10H3. The third kappa shape index (κ3) is 4.12. The van der Waals surface area contributed by atoms with Crippen molar-refractivity contribution in [2.45, 2.75) is 90.9 Å². The van der Waals surface area contributed by atoms with Crippen molar-refractivity contribution in [3.63, 3.8) is 0 Å². The van der Waals surface area contributed by atoms with Gasteiger partial charge in [0.25, 0.3) is 0 Å². The normalized spacial score (nSPS) is 16.0. The summed E-state index contributed by atoms with van der Waals surface area (Å²) in [6.45, 7) is 23.5. The summed E-state index contributed by atoms with van der Waals surface area (Å²) in [6, 6.07) is 38.1. The molecule has 0 unspecified atom stereocenters. The van der Waals surface area contributed by atoms with Crippen LogP contribution in [0.5, 0.6) is 0 Å². The number of hydrogen-bond acceptors (Lipinski definition) is 0. The van der Waals surface area contributed by atoms with E-state index < -0.39 is 0 Å². The lowest BCUT2D eigenvalue weighted by Crippen LogP contribution is -2.17. The van der Waals surface area contributed by atoms with E-state index in [0.29, 0.717) is 0 Å². The van der Waals surface area contributed by atoms with Gasteiger partial charge in [-0.15, -0.1) is 0 Å². The SMILES string of the molecule is CC(C)(C)c1ccc2c(c1)C(C)(C)c1cc(-c3ccc4ccc5cc6c(cc5c4c3)C(C)(C)c3cc(C(C)(C)C)ccc3-6)ccc1-2. The Morgan fingerprint density at radius 2 is 0.783 bits per heavy atom. The van der Waals surface area contributed by atoms with Crippen LogP contribution in [0.4, 0.5) is 0 Å². The summed E-state index contributed by atoms with van der Waals surface area (Å²) in [6.07, 6.45) is 0. The molecular formula is C46H46. The summed E-state index contributed by atoms with van der Waals surface area (Å²) in [5.74, 6) is 0. The van der Waals surface area contributed by atoms with E-state index in [4.69, 9.17) is 0 Å². The molecule has 0 bridgehead atoms. The van der Waals surface area contributed by atoms with E-state index in [1.165, 1.54) is 88.3 Å². The van der Waals surface area contributed by atoms with Gasteiger partial charge in [0.2, 0.25) is 0 Å². The van der Waals surface area contributed by atoms with Crippen LogP contribution in [0.1, 0.15) is 103 Å². The summed E-state index contributed by atoms with van der Waals surface area (Å²) >= 11 is 0.